The summed E-state index contributed by atoms with van der Waals surface area (Å²) in [6, 6.07) is 19.1. The number of amides is 1. The fourth-order valence-corrected chi connectivity index (χ4v) is 2.40. The molecule has 2 aromatic rings. The van der Waals surface area contributed by atoms with Gasteiger partial charge in [0.25, 0.3) is 0 Å². The largest absolute Gasteiger partial charge is 0.356 e. The predicted molar refractivity (Wildman–Crippen MR) is 82.8 cm³/mol. The van der Waals surface area contributed by atoms with Gasteiger partial charge < -0.3 is 5.32 Å². The van der Waals surface area contributed by atoms with Crippen LogP contribution in [-0.4, -0.2) is 12.5 Å². The number of carbonyl (C=O) groups is 1. The van der Waals surface area contributed by atoms with Gasteiger partial charge in [-0.2, -0.15) is 0 Å². The lowest BCUT2D eigenvalue weighted by atomic mass is 9.88. The minimum absolute atomic E-state index is 0.0284. The summed E-state index contributed by atoms with van der Waals surface area (Å²) in [5, 5.41) is 2.89. The molecule has 0 aliphatic heterocycles. The molecule has 1 N–H and O–H groups in total. The smallest absolute Gasteiger partial charge is 0.216 e. The fraction of sp³-hybridized carbons (Fsp3) is 0.278. The van der Waals surface area contributed by atoms with Gasteiger partial charge in [-0.15, -0.1) is 0 Å². The number of hydrogen-bond acceptors (Lipinski definition) is 1. The van der Waals surface area contributed by atoms with Crippen molar-refractivity contribution in [1.29, 1.82) is 0 Å². The molecule has 0 heterocycles. The van der Waals surface area contributed by atoms with Crippen molar-refractivity contribution < 1.29 is 4.79 Å². The molecule has 0 radical (unpaired) electrons. The Hall–Kier alpha value is -2.09. The Bertz CT molecular complexity index is 545. The molecule has 0 fully saturated rings. The molecule has 0 aliphatic carbocycles. The van der Waals surface area contributed by atoms with Gasteiger partial charge in [0.05, 0.1) is 0 Å². The van der Waals surface area contributed by atoms with Crippen LogP contribution in [0.5, 0.6) is 0 Å². The number of carbonyl (C=O) groups excluding carboxylic acids is 1. The lowest BCUT2D eigenvalue weighted by Gasteiger charge is -2.18. The molecule has 2 aromatic carbocycles. The first kappa shape index (κ1) is 14.3. The molecule has 0 aliphatic rings. The van der Waals surface area contributed by atoms with E-state index in [1.807, 2.05) is 6.07 Å². The summed E-state index contributed by atoms with van der Waals surface area (Å²) in [4.78, 5) is 11.0. The quantitative estimate of drug-likeness (QED) is 0.880. The number of rotatable bonds is 5. The van der Waals surface area contributed by atoms with Gasteiger partial charge in [0.2, 0.25) is 5.91 Å². The van der Waals surface area contributed by atoms with E-state index < -0.39 is 0 Å². The average molecular weight is 267 g/mol. The molecule has 1 amide bonds. The Kier molecular flexibility index (Phi) is 4.94. The molecule has 104 valence electrons. The number of benzene rings is 2. The summed E-state index contributed by atoms with van der Waals surface area (Å²) in [6.45, 7) is 4.35. The van der Waals surface area contributed by atoms with Crippen molar-refractivity contribution in [1.82, 2.24) is 5.32 Å². The molecule has 0 aromatic heterocycles. The summed E-state index contributed by atoms with van der Waals surface area (Å²) in [7, 11) is 0. The lowest BCUT2D eigenvalue weighted by Crippen LogP contribution is -2.22. The van der Waals surface area contributed by atoms with Crippen LogP contribution in [0, 0.1) is 6.92 Å². The third-order valence-electron chi connectivity index (χ3n) is 3.49. The van der Waals surface area contributed by atoms with E-state index in [1.165, 1.54) is 16.7 Å². The molecule has 20 heavy (non-hydrogen) atoms. The van der Waals surface area contributed by atoms with Gasteiger partial charge in [-0.1, -0.05) is 60.2 Å². The standard InChI is InChI=1S/C18H21NO/c1-14-8-10-17(11-9-14)18(12-13-19-15(2)20)16-6-4-3-5-7-16/h3-11,18H,12-13H2,1-2H3,(H,19,20). The van der Waals surface area contributed by atoms with Gasteiger partial charge in [0.15, 0.2) is 0 Å². The third-order valence-corrected chi connectivity index (χ3v) is 3.49. The predicted octanol–water partition coefficient (Wildman–Crippen LogP) is 3.65. The van der Waals surface area contributed by atoms with E-state index in [2.05, 4.69) is 60.8 Å². The van der Waals surface area contributed by atoms with Crippen LogP contribution in [0.4, 0.5) is 0 Å². The maximum atomic E-state index is 11.0. The van der Waals surface area contributed by atoms with Crippen molar-refractivity contribution >= 4 is 5.91 Å². The highest BCUT2D eigenvalue weighted by Crippen LogP contribution is 2.27. The average Bonchev–Trinajstić information content (AvgIpc) is 2.46. The Balaban J connectivity index is 2.20. The van der Waals surface area contributed by atoms with Crippen molar-refractivity contribution in [2.24, 2.45) is 0 Å². The van der Waals surface area contributed by atoms with Crippen LogP contribution in [0.15, 0.2) is 54.6 Å². The maximum absolute atomic E-state index is 11.0. The van der Waals surface area contributed by atoms with Gasteiger partial charge in [-0.25, -0.2) is 0 Å². The van der Waals surface area contributed by atoms with E-state index in [4.69, 9.17) is 0 Å². The second-order valence-electron chi connectivity index (χ2n) is 5.15. The first-order valence-corrected chi connectivity index (χ1v) is 7.03. The lowest BCUT2D eigenvalue weighted by molar-refractivity contribution is -0.118. The van der Waals surface area contributed by atoms with Crippen LogP contribution >= 0.6 is 0 Å². The summed E-state index contributed by atoms with van der Waals surface area (Å²) in [5.74, 6) is 0.351. The molecular weight excluding hydrogens is 246 g/mol. The Morgan fingerprint density at radius 1 is 1.00 bits per heavy atom. The van der Waals surface area contributed by atoms with Gasteiger partial charge >= 0.3 is 0 Å². The summed E-state index contributed by atoms with van der Waals surface area (Å²) in [6.07, 6.45) is 0.909. The molecule has 0 saturated heterocycles. The minimum atomic E-state index is 0.0284. The molecule has 1 unspecified atom stereocenters. The normalized spacial score (nSPS) is 11.9. The SMILES string of the molecule is CC(=O)NCCC(c1ccccc1)c1ccc(C)cc1. The van der Waals surface area contributed by atoms with Gasteiger partial charge in [-0.3, -0.25) is 4.79 Å². The molecule has 0 spiro atoms. The summed E-state index contributed by atoms with van der Waals surface area (Å²) < 4.78 is 0. The number of aryl methyl sites for hydroxylation is 1. The van der Waals surface area contributed by atoms with Crippen molar-refractivity contribution in [2.75, 3.05) is 6.54 Å². The minimum Gasteiger partial charge on any atom is -0.356 e. The van der Waals surface area contributed by atoms with Crippen LogP contribution < -0.4 is 5.32 Å². The van der Waals surface area contributed by atoms with Crippen LogP contribution in [0.25, 0.3) is 0 Å². The Labute approximate surface area is 120 Å². The van der Waals surface area contributed by atoms with Gasteiger partial charge in [0, 0.05) is 19.4 Å². The molecule has 2 rings (SSSR count). The van der Waals surface area contributed by atoms with Gasteiger partial charge in [-0.05, 0) is 24.5 Å². The van der Waals surface area contributed by atoms with E-state index in [-0.39, 0.29) is 5.91 Å². The van der Waals surface area contributed by atoms with Crippen LogP contribution in [0.2, 0.25) is 0 Å². The first-order chi connectivity index (χ1) is 9.66. The molecule has 2 nitrogen and oxygen atoms in total. The van der Waals surface area contributed by atoms with E-state index in [0.29, 0.717) is 12.5 Å². The van der Waals surface area contributed by atoms with E-state index in [9.17, 15) is 4.79 Å². The summed E-state index contributed by atoms with van der Waals surface area (Å²) in [5.41, 5.74) is 3.86. The van der Waals surface area contributed by atoms with E-state index in [0.717, 1.165) is 6.42 Å². The zero-order valence-electron chi connectivity index (χ0n) is 12.1. The Morgan fingerprint density at radius 3 is 2.20 bits per heavy atom. The highest BCUT2D eigenvalue weighted by atomic mass is 16.1. The molecule has 1 atom stereocenters. The summed E-state index contributed by atoms with van der Waals surface area (Å²) >= 11 is 0. The zero-order chi connectivity index (χ0) is 14.4. The number of nitrogens with one attached hydrogen (secondary N) is 1. The first-order valence-electron chi connectivity index (χ1n) is 7.03. The van der Waals surface area contributed by atoms with Crippen LogP contribution in [0.1, 0.15) is 36.0 Å². The van der Waals surface area contributed by atoms with Gasteiger partial charge in [0.1, 0.15) is 0 Å². The van der Waals surface area contributed by atoms with E-state index >= 15 is 0 Å². The Morgan fingerprint density at radius 2 is 1.60 bits per heavy atom. The van der Waals surface area contributed by atoms with Crippen LogP contribution in [0.3, 0.4) is 0 Å². The highest BCUT2D eigenvalue weighted by Gasteiger charge is 2.13. The second-order valence-corrected chi connectivity index (χ2v) is 5.15. The second kappa shape index (κ2) is 6.90. The van der Waals surface area contributed by atoms with Crippen molar-refractivity contribution in [3.05, 3.63) is 71.3 Å². The zero-order valence-corrected chi connectivity index (χ0v) is 12.1. The fourth-order valence-electron chi connectivity index (χ4n) is 2.40. The van der Waals surface area contributed by atoms with Crippen molar-refractivity contribution in [3.63, 3.8) is 0 Å². The molecular formula is C18H21NO. The molecule has 2 heteroatoms. The monoisotopic (exact) mass is 267 g/mol. The third kappa shape index (κ3) is 3.95. The number of hydrogen-bond donors (Lipinski definition) is 1. The maximum Gasteiger partial charge on any atom is 0.216 e. The van der Waals surface area contributed by atoms with Crippen molar-refractivity contribution in [3.8, 4) is 0 Å². The topological polar surface area (TPSA) is 29.1 Å². The van der Waals surface area contributed by atoms with Crippen LogP contribution in [-0.2, 0) is 4.79 Å². The molecule has 0 saturated carbocycles. The van der Waals surface area contributed by atoms with Crippen molar-refractivity contribution in [2.45, 2.75) is 26.2 Å². The van der Waals surface area contributed by atoms with E-state index in [1.54, 1.807) is 6.92 Å². The highest BCUT2D eigenvalue weighted by molar-refractivity contribution is 5.72. The molecule has 0 bridgehead atoms.